The molecule has 1 rings (SSSR count). The van der Waals surface area contributed by atoms with Crippen molar-refractivity contribution in [2.45, 2.75) is 6.18 Å². The van der Waals surface area contributed by atoms with Crippen molar-refractivity contribution >= 4 is 11.9 Å². The Labute approximate surface area is 93.1 Å². The first-order valence-electron chi connectivity index (χ1n) is 4.18. The molecule has 0 fully saturated rings. The minimum absolute atomic E-state index is 0.501. The number of ether oxygens (including phenoxy) is 2. The molecular formula is C9H7F3O5. The predicted molar refractivity (Wildman–Crippen MR) is 46.4 cm³/mol. The average Bonchev–Trinajstić information content (AvgIpc) is 2.70. The van der Waals surface area contributed by atoms with Crippen LogP contribution in [-0.4, -0.2) is 26.2 Å². The van der Waals surface area contributed by atoms with Gasteiger partial charge in [-0.2, -0.15) is 13.2 Å². The number of esters is 2. The molecule has 0 atom stereocenters. The van der Waals surface area contributed by atoms with Gasteiger partial charge in [0.25, 0.3) is 0 Å². The molecule has 0 aromatic carbocycles. The van der Waals surface area contributed by atoms with Crippen molar-refractivity contribution in [3.8, 4) is 0 Å². The summed E-state index contributed by atoms with van der Waals surface area (Å²) in [5.41, 5.74) is -1.63. The van der Waals surface area contributed by atoms with Crippen molar-refractivity contribution in [1.29, 1.82) is 0 Å². The fraction of sp³-hybridized carbons (Fsp3) is 0.333. The molecule has 0 spiro atoms. The quantitative estimate of drug-likeness (QED) is 0.752. The minimum Gasteiger partial charge on any atom is -0.465 e. The summed E-state index contributed by atoms with van der Waals surface area (Å²) in [4.78, 5) is 22.3. The van der Waals surface area contributed by atoms with Crippen molar-refractivity contribution in [3.63, 3.8) is 0 Å². The molecule has 5 nitrogen and oxygen atoms in total. The van der Waals surface area contributed by atoms with Crippen LogP contribution in [0.1, 0.15) is 26.5 Å². The summed E-state index contributed by atoms with van der Waals surface area (Å²) in [7, 11) is 1.85. The second-order valence-corrected chi connectivity index (χ2v) is 2.83. The lowest BCUT2D eigenvalue weighted by Crippen LogP contribution is -2.15. The maximum absolute atomic E-state index is 12.5. The summed E-state index contributed by atoms with van der Waals surface area (Å²) >= 11 is 0. The van der Waals surface area contributed by atoms with E-state index in [0.29, 0.717) is 6.26 Å². The first-order valence-corrected chi connectivity index (χ1v) is 4.18. The Morgan fingerprint density at radius 1 is 1.18 bits per heavy atom. The van der Waals surface area contributed by atoms with Crippen LogP contribution in [0.3, 0.4) is 0 Å². The average molecular weight is 252 g/mol. The Hall–Kier alpha value is -1.99. The third kappa shape index (κ3) is 2.40. The van der Waals surface area contributed by atoms with Crippen molar-refractivity contribution in [3.05, 3.63) is 23.2 Å². The zero-order valence-electron chi connectivity index (χ0n) is 8.75. The van der Waals surface area contributed by atoms with E-state index in [1.54, 1.807) is 0 Å². The van der Waals surface area contributed by atoms with Gasteiger partial charge in [0.05, 0.1) is 14.2 Å². The van der Waals surface area contributed by atoms with Crippen LogP contribution in [-0.2, 0) is 15.7 Å². The van der Waals surface area contributed by atoms with Crippen LogP contribution in [0, 0.1) is 0 Å². The third-order valence-electron chi connectivity index (χ3n) is 1.84. The van der Waals surface area contributed by atoms with E-state index in [2.05, 4.69) is 13.9 Å². The molecule has 0 aliphatic carbocycles. The molecule has 8 heteroatoms. The molecule has 17 heavy (non-hydrogen) atoms. The highest BCUT2D eigenvalue weighted by Gasteiger charge is 2.43. The number of hydrogen-bond donors (Lipinski definition) is 0. The molecule has 0 saturated heterocycles. The van der Waals surface area contributed by atoms with Crippen molar-refractivity contribution in [2.75, 3.05) is 14.2 Å². The summed E-state index contributed by atoms with van der Waals surface area (Å²) in [6, 6.07) is 0. The van der Waals surface area contributed by atoms with Gasteiger partial charge in [-0.15, -0.1) is 0 Å². The largest absolute Gasteiger partial charge is 0.465 e. The fourth-order valence-electron chi connectivity index (χ4n) is 1.13. The van der Waals surface area contributed by atoms with Crippen LogP contribution in [0.5, 0.6) is 0 Å². The lowest BCUT2D eigenvalue weighted by Gasteiger charge is -2.05. The Kier molecular flexibility index (Phi) is 3.45. The van der Waals surface area contributed by atoms with Gasteiger partial charge in [0.15, 0.2) is 0 Å². The topological polar surface area (TPSA) is 65.7 Å². The second kappa shape index (κ2) is 4.48. The number of rotatable bonds is 2. The summed E-state index contributed by atoms with van der Waals surface area (Å²) in [5.74, 6) is -4.04. The number of furan rings is 1. The zero-order valence-corrected chi connectivity index (χ0v) is 8.75. The van der Waals surface area contributed by atoms with Crippen molar-refractivity contribution in [1.82, 2.24) is 0 Å². The summed E-state index contributed by atoms with van der Waals surface area (Å²) < 4.78 is 50.0. The van der Waals surface area contributed by atoms with E-state index in [1.807, 2.05) is 0 Å². The number of carbonyl (C=O) groups excluding carboxylic acids is 2. The maximum Gasteiger partial charge on any atom is 0.450 e. The number of halogens is 3. The molecule has 0 unspecified atom stereocenters. The summed E-state index contributed by atoms with van der Waals surface area (Å²) in [6.07, 6.45) is -4.41. The molecule has 94 valence electrons. The third-order valence-corrected chi connectivity index (χ3v) is 1.84. The number of alkyl halides is 3. The molecule has 0 amide bonds. The van der Waals surface area contributed by atoms with E-state index in [4.69, 9.17) is 0 Å². The highest BCUT2D eigenvalue weighted by atomic mass is 19.4. The van der Waals surface area contributed by atoms with Gasteiger partial charge < -0.3 is 13.9 Å². The molecular weight excluding hydrogens is 245 g/mol. The van der Waals surface area contributed by atoms with Crippen molar-refractivity contribution < 1.29 is 36.7 Å². The molecule has 1 heterocycles. The number of hydrogen-bond acceptors (Lipinski definition) is 5. The predicted octanol–water partition coefficient (Wildman–Crippen LogP) is 1.87. The molecule has 0 aliphatic heterocycles. The molecule has 1 aromatic heterocycles. The van der Waals surface area contributed by atoms with Gasteiger partial charge in [0.1, 0.15) is 17.4 Å². The van der Waals surface area contributed by atoms with Gasteiger partial charge in [-0.05, 0) is 0 Å². The van der Waals surface area contributed by atoms with E-state index in [9.17, 15) is 22.8 Å². The van der Waals surface area contributed by atoms with Gasteiger partial charge in [-0.3, -0.25) is 0 Å². The molecule has 0 radical (unpaired) electrons. The Morgan fingerprint density at radius 2 is 1.71 bits per heavy atom. The van der Waals surface area contributed by atoms with Crippen LogP contribution >= 0.6 is 0 Å². The Balaban J connectivity index is 3.40. The van der Waals surface area contributed by atoms with E-state index in [1.165, 1.54) is 0 Å². The smallest absolute Gasteiger partial charge is 0.450 e. The van der Waals surface area contributed by atoms with E-state index >= 15 is 0 Å². The van der Waals surface area contributed by atoms with Crippen LogP contribution in [0.2, 0.25) is 0 Å². The van der Waals surface area contributed by atoms with E-state index in [-0.39, 0.29) is 0 Å². The van der Waals surface area contributed by atoms with E-state index < -0.39 is 35.0 Å². The fourth-order valence-corrected chi connectivity index (χ4v) is 1.13. The lowest BCUT2D eigenvalue weighted by atomic mass is 10.1. The number of methoxy groups -OCH3 is 2. The molecule has 0 saturated carbocycles. The highest BCUT2D eigenvalue weighted by molar-refractivity contribution is 6.03. The van der Waals surface area contributed by atoms with Gasteiger partial charge in [-0.1, -0.05) is 0 Å². The van der Waals surface area contributed by atoms with Crippen LogP contribution in [0.25, 0.3) is 0 Å². The summed E-state index contributed by atoms with van der Waals surface area (Å²) in [6.45, 7) is 0. The van der Waals surface area contributed by atoms with Gasteiger partial charge in [0.2, 0.25) is 5.76 Å². The maximum atomic E-state index is 12.5. The van der Waals surface area contributed by atoms with Crippen LogP contribution in [0.4, 0.5) is 13.2 Å². The zero-order chi connectivity index (χ0) is 13.2. The van der Waals surface area contributed by atoms with Crippen LogP contribution < -0.4 is 0 Å². The standard InChI is InChI=1S/C9H7F3O5/c1-15-7(13)4-3-17-6(9(10,11)12)5(4)8(14)16-2/h3H,1-2H3. The first kappa shape index (κ1) is 13.1. The Morgan fingerprint density at radius 3 is 2.12 bits per heavy atom. The van der Waals surface area contributed by atoms with Gasteiger partial charge in [0, 0.05) is 0 Å². The molecule has 0 bridgehead atoms. The highest BCUT2D eigenvalue weighted by Crippen LogP contribution is 2.35. The van der Waals surface area contributed by atoms with Gasteiger partial charge in [-0.25, -0.2) is 9.59 Å². The second-order valence-electron chi connectivity index (χ2n) is 2.83. The SMILES string of the molecule is COC(=O)c1coc(C(F)(F)F)c1C(=O)OC. The molecule has 0 aliphatic rings. The first-order chi connectivity index (χ1) is 7.82. The normalized spacial score (nSPS) is 11.1. The molecule has 0 N–H and O–H groups in total. The lowest BCUT2D eigenvalue weighted by molar-refractivity contribution is -0.153. The Bertz CT molecular complexity index is 446. The van der Waals surface area contributed by atoms with Gasteiger partial charge >= 0.3 is 18.1 Å². The van der Waals surface area contributed by atoms with E-state index in [0.717, 1.165) is 14.2 Å². The number of carbonyl (C=O) groups is 2. The summed E-state index contributed by atoms with van der Waals surface area (Å²) in [5, 5.41) is 0. The molecule has 1 aromatic rings. The van der Waals surface area contributed by atoms with Crippen LogP contribution in [0.15, 0.2) is 10.7 Å². The minimum atomic E-state index is -4.91. The monoisotopic (exact) mass is 252 g/mol. The van der Waals surface area contributed by atoms with Crippen molar-refractivity contribution in [2.24, 2.45) is 0 Å².